The Bertz CT molecular complexity index is 180. The Kier molecular flexibility index (Phi) is 6.08. The molecule has 2 unspecified atom stereocenters. The monoisotopic (exact) mass is 222 g/mol. The zero-order valence-electron chi connectivity index (χ0n) is 8.73. The number of hydrogen-bond donors (Lipinski definition) is 1. The van der Waals surface area contributed by atoms with E-state index in [2.05, 4.69) is 0 Å². The van der Waals surface area contributed by atoms with Gasteiger partial charge in [0.1, 0.15) is 0 Å². The van der Waals surface area contributed by atoms with Crippen LogP contribution in [0.3, 0.4) is 0 Å². The number of carbonyl (C=O) groups excluding carboxylic acids is 1. The van der Waals surface area contributed by atoms with Crippen molar-refractivity contribution in [2.45, 2.75) is 32.5 Å². The average Bonchev–Trinajstić information content (AvgIpc) is 2.03. The molecule has 1 aliphatic rings. The van der Waals surface area contributed by atoms with E-state index in [-0.39, 0.29) is 30.5 Å². The van der Waals surface area contributed by atoms with Crippen molar-refractivity contribution >= 4 is 18.3 Å². The zero-order chi connectivity index (χ0) is 9.84. The summed E-state index contributed by atoms with van der Waals surface area (Å²) in [7, 11) is 0. The predicted octanol–water partition coefficient (Wildman–Crippen LogP) is 0.393. The van der Waals surface area contributed by atoms with Gasteiger partial charge in [-0.3, -0.25) is 4.79 Å². The van der Waals surface area contributed by atoms with Crippen molar-refractivity contribution in [3.8, 4) is 0 Å². The van der Waals surface area contributed by atoms with E-state index in [1.54, 1.807) is 0 Å². The molecule has 2 atom stereocenters. The number of amides is 1. The van der Waals surface area contributed by atoms with Gasteiger partial charge in [-0.05, 0) is 13.8 Å². The van der Waals surface area contributed by atoms with Gasteiger partial charge in [0.25, 0.3) is 0 Å². The SMILES string of the molecule is CC1CN(C(=O)CCN)CC(C)O1.Cl. The van der Waals surface area contributed by atoms with Crippen LogP contribution in [0.1, 0.15) is 20.3 Å². The number of nitrogens with two attached hydrogens (primary N) is 1. The highest BCUT2D eigenvalue weighted by molar-refractivity contribution is 5.85. The molecule has 0 spiro atoms. The fraction of sp³-hybridized carbons (Fsp3) is 0.889. The molecule has 0 aliphatic carbocycles. The van der Waals surface area contributed by atoms with E-state index in [1.807, 2.05) is 18.7 Å². The Morgan fingerprint density at radius 2 is 1.93 bits per heavy atom. The lowest BCUT2D eigenvalue weighted by molar-refractivity contribution is -0.142. The standard InChI is InChI=1S/C9H18N2O2.ClH/c1-7-5-11(6-8(2)13-7)9(12)3-4-10;/h7-8H,3-6,10H2,1-2H3;1H. The Morgan fingerprint density at radius 3 is 2.36 bits per heavy atom. The normalized spacial score (nSPS) is 26.9. The number of carbonyl (C=O) groups is 1. The lowest BCUT2D eigenvalue weighted by atomic mass is 10.2. The number of ether oxygens (including phenoxy) is 1. The summed E-state index contributed by atoms with van der Waals surface area (Å²) in [5.41, 5.74) is 5.33. The lowest BCUT2D eigenvalue weighted by Gasteiger charge is -2.35. The summed E-state index contributed by atoms with van der Waals surface area (Å²) in [6, 6.07) is 0. The molecule has 1 rings (SSSR count). The molecule has 1 amide bonds. The van der Waals surface area contributed by atoms with Crippen molar-refractivity contribution in [1.82, 2.24) is 4.90 Å². The van der Waals surface area contributed by atoms with Crippen molar-refractivity contribution in [1.29, 1.82) is 0 Å². The summed E-state index contributed by atoms with van der Waals surface area (Å²) in [5.74, 6) is 0.143. The quantitative estimate of drug-likeness (QED) is 0.736. The third-order valence-corrected chi connectivity index (χ3v) is 2.13. The van der Waals surface area contributed by atoms with E-state index in [0.717, 1.165) is 0 Å². The highest BCUT2D eigenvalue weighted by atomic mass is 35.5. The Morgan fingerprint density at radius 1 is 1.43 bits per heavy atom. The van der Waals surface area contributed by atoms with Crippen LogP contribution in [0, 0.1) is 0 Å². The van der Waals surface area contributed by atoms with Crippen LogP contribution in [-0.2, 0) is 9.53 Å². The van der Waals surface area contributed by atoms with Gasteiger partial charge in [0.15, 0.2) is 0 Å². The van der Waals surface area contributed by atoms with Crippen LogP contribution in [0.2, 0.25) is 0 Å². The van der Waals surface area contributed by atoms with Crippen molar-refractivity contribution in [3.05, 3.63) is 0 Å². The van der Waals surface area contributed by atoms with E-state index in [1.165, 1.54) is 0 Å². The highest BCUT2D eigenvalue weighted by Crippen LogP contribution is 2.11. The van der Waals surface area contributed by atoms with Crippen LogP contribution < -0.4 is 5.73 Å². The molecule has 0 aromatic rings. The van der Waals surface area contributed by atoms with E-state index >= 15 is 0 Å². The summed E-state index contributed by atoms with van der Waals surface area (Å²) in [6.45, 7) is 5.79. The molecule has 5 heteroatoms. The van der Waals surface area contributed by atoms with Gasteiger partial charge in [-0.25, -0.2) is 0 Å². The van der Waals surface area contributed by atoms with Gasteiger partial charge in [-0.15, -0.1) is 12.4 Å². The molecule has 0 aromatic heterocycles. The van der Waals surface area contributed by atoms with Crippen LogP contribution in [0.4, 0.5) is 0 Å². The van der Waals surface area contributed by atoms with Crippen LogP contribution in [0.25, 0.3) is 0 Å². The molecule has 1 heterocycles. The maximum Gasteiger partial charge on any atom is 0.224 e. The van der Waals surface area contributed by atoms with Crippen molar-refractivity contribution < 1.29 is 9.53 Å². The first-order valence-electron chi connectivity index (χ1n) is 4.76. The molecule has 1 saturated heterocycles. The molecule has 2 N–H and O–H groups in total. The first-order valence-corrected chi connectivity index (χ1v) is 4.76. The smallest absolute Gasteiger partial charge is 0.224 e. The zero-order valence-corrected chi connectivity index (χ0v) is 9.55. The maximum atomic E-state index is 11.5. The van der Waals surface area contributed by atoms with Gasteiger partial charge in [0, 0.05) is 26.1 Å². The Labute approximate surface area is 91.2 Å². The minimum absolute atomic E-state index is 0. The fourth-order valence-corrected chi connectivity index (χ4v) is 1.66. The van der Waals surface area contributed by atoms with E-state index in [9.17, 15) is 4.79 Å². The van der Waals surface area contributed by atoms with Gasteiger partial charge in [0.2, 0.25) is 5.91 Å². The van der Waals surface area contributed by atoms with Gasteiger partial charge < -0.3 is 15.4 Å². The molecule has 0 radical (unpaired) electrons. The molecular weight excluding hydrogens is 204 g/mol. The fourth-order valence-electron chi connectivity index (χ4n) is 1.66. The molecule has 0 aromatic carbocycles. The maximum absolute atomic E-state index is 11.5. The van der Waals surface area contributed by atoms with Crippen molar-refractivity contribution in [3.63, 3.8) is 0 Å². The van der Waals surface area contributed by atoms with Gasteiger partial charge >= 0.3 is 0 Å². The Balaban J connectivity index is 0.00000169. The van der Waals surface area contributed by atoms with Gasteiger partial charge in [-0.2, -0.15) is 0 Å². The van der Waals surface area contributed by atoms with Crippen molar-refractivity contribution in [2.24, 2.45) is 5.73 Å². The molecule has 0 bridgehead atoms. The number of halogens is 1. The van der Waals surface area contributed by atoms with Crippen LogP contribution in [0.15, 0.2) is 0 Å². The molecule has 0 saturated carbocycles. The first kappa shape index (κ1) is 13.7. The summed E-state index contributed by atoms with van der Waals surface area (Å²) in [6.07, 6.45) is 0.732. The van der Waals surface area contributed by atoms with Gasteiger partial charge in [-0.1, -0.05) is 0 Å². The second-order valence-electron chi connectivity index (χ2n) is 3.59. The van der Waals surface area contributed by atoms with Crippen LogP contribution >= 0.6 is 12.4 Å². The summed E-state index contributed by atoms with van der Waals surface area (Å²) < 4.78 is 5.52. The number of nitrogens with zero attached hydrogens (tertiary/aromatic N) is 1. The van der Waals surface area contributed by atoms with E-state index in [4.69, 9.17) is 10.5 Å². The number of hydrogen-bond acceptors (Lipinski definition) is 3. The minimum Gasteiger partial charge on any atom is -0.372 e. The third kappa shape index (κ3) is 3.82. The average molecular weight is 223 g/mol. The topological polar surface area (TPSA) is 55.6 Å². The summed E-state index contributed by atoms with van der Waals surface area (Å²) in [5, 5.41) is 0. The van der Waals surface area contributed by atoms with Crippen LogP contribution in [0.5, 0.6) is 0 Å². The second-order valence-corrected chi connectivity index (χ2v) is 3.59. The lowest BCUT2D eigenvalue weighted by Crippen LogP contribution is -2.48. The summed E-state index contributed by atoms with van der Waals surface area (Å²) in [4.78, 5) is 13.3. The van der Waals surface area contributed by atoms with Gasteiger partial charge in [0.05, 0.1) is 12.2 Å². The van der Waals surface area contributed by atoms with E-state index in [0.29, 0.717) is 26.1 Å². The number of morpholine rings is 1. The number of rotatable bonds is 2. The molecule has 1 fully saturated rings. The predicted molar refractivity (Wildman–Crippen MR) is 57.5 cm³/mol. The molecule has 14 heavy (non-hydrogen) atoms. The van der Waals surface area contributed by atoms with E-state index < -0.39 is 0 Å². The van der Waals surface area contributed by atoms with Crippen molar-refractivity contribution in [2.75, 3.05) is 19.6 Å². The first-order chi connectivity index (χ1) is 6.13. The molecule has 4 nitrogen and oxygen atoms in total. The Hall–Kier alpha value is -0.320. The minimum atomic E-state index is 0. The van der Waals surface area contributed by atoms with Crippen LogP contribution in [-0.4, -0.2) is 42.6 Å². The highest BCUT2D eigenvalue weighted by Gasteiger charge is 2.24. The molecule has 1 aliphatic heterocycles. The second kappa shape index (κ2) is 6.22. The molecule has 84 valence electrons. The third-order valence-electron chi connectivity index (χ3n) is 2.13. The summed E-state index contributed by atoms with van der Waals surface area (Å²) >= 11 is 0. The largest absolute Gasteiger partial charge is 0.372 e. The molecular formula is C9H19ClN2O2.